The van der Waals surface area contributed by atoms with Crippen molar-refractivity contribution in [3.8, 4) is 0 Å². The van der Waals surface area contributed by atoms with Crippen LogP contribution in [0.4, 0.5) is 8.78 Å². The lowest BCUT2D eigenvalue weighted by molar-refractivity contribution is -0.129. The van der Waals surface area contributed by atoms with Crippen molar-refractivity contribution < 1.29 is 13.6 Å². The number of nitrogens with two attached hydrogens (primary N) is 1. The second-order valence-corrected chi connectivity index (χ2v) is 5.68. The average molecular weight is 296 g/mol. The molecule has 1 aromatic carbocycles. The zero-order chi connectivity index (χ0) is 15.3. The Labute approximate surface area is 123 Å². The molecular weight excluding hydrogens is 274 g/mol. The molecule has 1 atom stereocenters. The third-order valence-corrected chi connectivity index (χ3v) is 4.06. The third kappa shape index (κ3) is 4.49. The summed E-state index contributed by atoms with van der Waals surface area (Å²) >= 11 is 0. The molecule has 0 aromatic heterocycles. The van der Waals surface area contributed by atoms with Crippen LogP contribution in [0.15, 0.2) is 30.3 Å². The molecule has 0 bridgehead atoms. The fourth-order valence-corrected chi connectivity index (χ4v) is 2.77. The Morgan fingerprint density at radius 2 is 1.90 bits per heavy atom. The molecule has 0 saturated heterocycles. The Hall–Kier alpha value is -1.49. The van der Waals surface area contributed by atoms with Gasteiger partial charge in [0, 0.05) is 18.8 Å². The largest absolute Gasteiger partial charge is 0.349 e. The summed E-state index contributed by atoms with van der Waals surface area (Å²) in [5.41, 5.74) is 6.60. The summed E-state index contributed by atoms with van der Waals surface area (Å²) in [4.78, 5) is 12.3. The topological polar surface area (TPSA) is 55.1 Å². The highest BCUT2D eigenvalue weighted by atomic mass is 19.3. The van der Waals surface area contributed by atoms with Gasteiger partial charge in [-0.15, -0.1) is 0 Å². The van der Waals surface area contributed by atoms with Crippen LogP contribution in [0, 0.1) is 5.92 Å². The monoisotopic (exact) mass is 296 g/mol. The zero-order valence-corrected chi connectivity index (χ0v) is 12.0. The minimum atomic E-state index is -2.60. The van der Waals surface area contributed by atoms with Crippen LogP contribution in [0.1, 0.15) is 43.7 Å². The van der Waals surface area contributed by atoms with Crippen molar-refractivity contribution in [1.82, 2.24) is 5.32 Å². The predicted octanol–water partition coefficient (Wildman–Crippen LogP) is 3.02. The fourth-order valence-electron chi connectivity index (χ4n) is 2.77. The number of benzene rings is 1. The Kier molecular flexibility index (Phi) is 5.28. The molecule has 21 heavy (non-hydrogen) atoms. The number of halogens is 2. The predicted molar refractivity (Wildman–Crippen MR) is 77.9 cm³/mol. The molecule has 5 heteroatoms. The van der Waals surface area contributed by atoms with Crippen LogP contribution in [-0.4, -0.2) is 18.4 Å². The van der Waals surface area contributed by atoms with E-state index in [-0.39, 0.29) is 43.6 Å². The third-order valence-electron chi connectivity index (χ3n) is 4.06. The van der Waals surface area contributed by atoms with E-state index in [1.165, 1.54) is 0 Å². The van der Waals surface area contributed by atoms with E-state index in [9.17, 15) is 13.6 Å². The van der Waals surface area contributed by atoms with Crippen LogP contribution in [-0.2, 0) is 4.79 Å². The molecule has 0 aliphatic heterocycles. The van der Waals surface area contributed by atoms with Gasteiger partial charge >= 0.3 is 0 Å². The molecule has 2 rings (SSSR count). The quantitative estimate of drug-likeness (QED) is 0.877. The summed E-state index contributed by atoms with van der Waals surface area (Å²) in [6.07, 6.45) is 0.751. The van der Waals surface area contributed by atoms with Crippen molar-refractivity contribution in [2.75, 3.05) is 6.54 Å². The highest BCUT2D eigenvalue weighted by Crippen LogP contribution is 2.36. The highest BCUT2D eigenvalue weighted by molar-refractivity contribution is 5.79. The van der Waals surface area contributed by atoms with Gasteiger partial charge in [0.25, 0.3) is 0 Å². The van der Waals surface area contributed by atoms with E-state index in [4.69, 9.17) is 5.73 Å². The smallest absolute Gasteiger partial charge is 0.248 e. The molecule has 1 aliphatic carbocycles. The maximum atomic E-state index is 13.1. The van der Waals surface area contributed by atoms with E-state index in [0.717, 1.165) is 5.56 Å². The Morgan fingerprint density at radius 1 is 1.29 bits per heavy atom. The Balaban J connectivity index is 1.96. The van der Waals surface area contributed by atoms with Crippen molar-refractivity contribution in [3.05, 3.63) is 35.9 Å². The van der Waals surface area contributed by atoms with E-state index in [1.807, 2.05) is 30.3 Å². The van der Waals surface area contributed by atoms with Crippen LogP contribution in [0.25, 0.3) is 0 Å². The van der Waals surface area contributed by atoms with Gasteiger partial charge in [-0.05, 0) is 31.4 Å². The van der Waals surface area contributed by atoms with Gasteiger partial charge in [0.1, 0.15) is 0 Å². The average Bonchev–Trinajstić information content (AvgIpc) is 2.47. The molecule has 1 aliphatic rings. The van der Waals surface area contributed by atoms with E-state index in [1.54, 1.807) is 0 Å². The van der Waals surface area contributed by atoms with Crippen LogP contribution < -0.4 is 11.1 Å². The summed E-state index contributed by atoms with van der Waals surface area (Å²) < 4.78 is 26.3. The number of alkyl halides is 2. The van der Waals surface area contributed by atoms with Gasteiger partial charge in [-0.25, -0.2) is 8.78 Å². The number of nitrogens with one attached hydrogen (secondary N) is 1. The lowest BCUT2D eigenvalue weighted by Gasteiger charge is -2.29. The van der Waals surface area contributed by atoms with Crippen molar-refractivity contribution in [1.29, 1.82) is 0 Å². The van der Waals surface area contributed by atoms with Gasteiger partial charge in [-0.2, -0.15) is 0 Å². The second-order valence-electron chi connectivity index (χ2n) is 5.68. The summed E-state index contributed by atoms with van der Waals surface area (Å²) in [5.74, 6) is -3.05. The first-order valence-electron chi connectivity index (χ1n) is 7.45. The number of hydrogen-bond donors (Lipinski definition) is 2. The Morgan fingerprint density at radius 3 is 2.48 bits per heavy atom. The number of rotatable bonds is 5. The molecule has 1 aromatic rings. The minimum absolute atomic E-state index is 0.132. The van der Waals surface area contributed by atoms with Gasteiger partial charge in [-0.1, -0.05) is 30.3 Å². The van der Waals surface area contributed by atoms with Gasteiger partial charge in [0.2, 0.25) is 11.8 Å². The first-order chi connectivity index (χ1) is 10.0. The molecule has 0 heterocycles. The van der Waals surface area contributed by atoms with Crippen LogP contribution in [0.3, 0.4) is 0 Å². The van der Waals surface area contributed by atoms with Gasteiger partial charge < -0.3 is 11.1 Å². The summed E-state index contributed by atoms with van der Waals surface area (Å²) in [5, 5.41) is 2.97. The van der Waals surface area contributed by atoms with E-state index in [0.29, 0.717) is 13.0 Å². The summed E-state index contributed by atoms with van der Waals surface area (Å²) in [6, 6.07) is 9.46. The second kappa shape index (κ2) is 6.98. The standard InChI is InChI=1S/C16H22F2N2O/c17-16(18)9-6-13(7-10-16)15(21)20-14(8-11-19)12-4-2-1-3-5-12/h1-5,13-14H,6-11,19H2,(H,20,21). The zero-order valence-electron chi connectivity index (χ0n) is 12.0. The summed E-state index contributed by atoms with van der Waals surface area (Å²) in [6.45, 7) is 0.461. The van der Waals surface area contributed by atoms with Crippen LogP contribution in [0.2, 0.25) is 0 Å². The maximum Gasteiger partial charge on any atom is 0.248 e. The number of hydrogen-bond acceptors (Lipinski definition) is 2. The number of carbonyl (C=O) groups is 1. The molecule has 3 N–H and O–H groups in total. The molecule has 1 fully saturated rings. The SMILES string of the molecule is NCCC(NC(=O)C1CCC(F)(F)CC1)c1ccccc1. The van der Waals surface area contributed by atoms with Crippen molar-refractivity contribution >= 4 is 5.91 Å². The van der Waals surface area contributed by atoms with Crippen molar-refractivity contribution in [2.24, 2.45) is 11.7 Å². The molecule has 1 saturated carbocycles. The van der Waals surface area contributed by atoms with Crippen molar-refractivity contribution in [2.45, 2.75) is 44.1 Å². The van der Waals surface area contributed by atoms with Crippen LogP contribution in [0.5, 0.6) is 0 Å². The molecule has 1 unspecified atom stereocenters. The highest BCUT2D eigenvalue weighted by Gasteiger charge is 2.37. The van der Waals surface area contributed by atoms with Crippen molar-refractivity contribution in [3.63, 3.8) is 0 Å². The van der Waals surface area contributed by atoms with Gasteiger partial charge in [0.15, 0.2) is 0 Å². The first-order valence-corrected chi connectivity index (χ1v) is 7.45. The van der Waals surface area contributed by atoms with E-state index in [2.05, 4.69) is 5.32 Å². The van der Waals surface area contributed by atoms with E-state index >= 15 is 0 Å². The van der Waals surface area contributed by atoms with Gasteiger partial charge in [-0.3, -0.25) is 4.79 Å². The normalized spacial score (nSPS) is 20.0. The lowest BCUT2D eigenvalue weighted by Crippen LogP contribution is -2.38. The van der Waals surface area contributed by atoms with Gasteiger partial charge in [0.05, 0.1) is 6.04 Å². The molecule has 0 radical (unpaired) electrons. The molecule has 116 valence electrons. The number of amides is 1. The molecule has 3 nitrogen and oxygen atoms in total. The minimum Gasteiger partial charge on any atom is -0.349 e. The first kappa shape index (κ1) is 15.9. The fraction of sp³-hybridized carbons (Fsp3) is 0.562. The Bertz CT molecular complexity index is 455. The maximum absolute atomic E-state index is 13.1. The lowest BCUT2D eigenvalue weighted by atomic mass is 9.86. The molecule has 0 spiro atoms. The van der Waals surface area contributed by atoms with Crippen LogP contribution >= 0.6 is 0 Å². The van der Waals surface area contributed by atoms with E-state index < -0.39 is 5.92 Å². The molecular formula is C16H22F2N2O. The summed E-state index contributed by atoms with van der Waals surface area (Å²) in [7, 11) is 0. The number of carbonyl (C=O) groups excluding carboxylic acids is 1. The molecule has 1 amide bonds.